The molecule has 0 spiro atoms. The standard InChI is InChI=1S/C24H20ClN3O4/c1-31-18-10-11-20(32-2)19(13-18)27-22-21(15-6-8-16(25)9-7-15)23(29)28(24(22)30)14-17-5-3-4-12-26-17/h3-13,27H,14H2,1-2H3. The quantitative estimate of drug-likeness (QED) is 0.546. The molecule has 0 atom stereocenters. The van der Waals surface area contributed by atoms with Gasteiger partial charge in [0, 0.05) is 17.3 Å². The van der Waals surface area contributed by atoms with Crippen LogP contribution < -0.4 is 14.8 Å². The Morgan fingerprint density at radius 3 is 2.41 bits per heavy atom. The van der Waals surface area contributed by atoms with Gasteiger partial charge < -0.3 is 14.8 Å². The van der Waals surface area contributed by atoms with E-state index in [1.807, 2.05) is 0 Å². The van der Waals surface area contributed by atoms with Gasteiger partial charge in [0.05, 0.1) is 37.7 Å². The molecule has 0 radical (unpaired) electrons. The van der Waals surface area contributed by atoms with Crippen LogP contribution in [0.25, 0.3) is 5.57 Å². The third kappa shape index (κ3) is 4.15. The van der Waals surface area contributed by atoms with Crippen LogP contribution in [0.2, 0.25) is 5.02 Å². The number of hydrogen-bond donors (Lipinski definition) is 1. The molecule has 162 valence electrons. The first kappa shape index (κ1) is 21.4. The van der Waals surface area contributed by atoms with Gasteiger partial charge >= 0.3 is 0 Å². The minimum absolute atomic E-state index is 0.0516. The molecule has 1 aliphatic heterocycles. The number of anilines is 1. The number of amides is 2. The van der Waals surface area contributed by atoms with Crippen molar-refractivity contribution < 1.29 is 19.1 Å². The highest BCUT2D eigenvalue weighted by Gasteiger charge is 2.39. The summed E-state index contributed by atoms with van der Waals surface area (Å²) in [5.74, 6) is 0.184. The Kier molecular flexibility index (Phi) is 6.09. The predicted molar refractivity (Wildman–Crippen MR) is 121 cm³/mol. The number of ether oxygens (including phenoxy) is 2. The molecule has 2 amide bonds. The number of benzene rings is 2. The van der Waals surface area contributed by atoms with Crippen LogP contribution in [0, 0.1) is 0 Å². The molecule has 0 bridgehead atoms. The topological polar surface area (TPSA) is 80.8 Å². The van der Waals surface area contributed by atoms with Gasteiger partial charge in [-0.05, 0) is 42.0 Å². The summed E-state index contributed by atoms with van der Waals surface area (Å²) < 4.78 is 10.7. The van der Waals surface area contributed by atoms with Crippen LogP contribution in [0.5, 0.6) is 11.5 Å². The van der Waals surface area contributed by atoms with Crippen LogP contribution in [0.15, 0.2) is 72.6 Å². The molecule has 1 N–H and O–H groups in total. The smallest absolute Gasteiger partial charge is 0.278 e. The van der Waals surface area contributed by atoms with E-state index in [1.165, 1.54) is 12.0 Å². The Morgan fingerprint density at radius 2 is 1.75 bits per heavy atom. The molecule has 0 saturated heterocycles. The molecule has 4 rings (SSSR count). The SMILES string of the molecule is COc1ccc(OC)c(NC2=C(c3ccc(Cl)cc3)C(=O)N(Cc3ccccn3)C2=O)c1. The van der Waals surface area contributed by atoms with Crippen molar-refractivity contribution in [3.8, 4) is 11.5 Å². The zero-order valence-electron chi connectivity index (χ0n) is 17.5. The molecule has 0 fully saturated rings. The Balaban J connectivity index is 1.78. The molecule has 0 saturated carbocycles. The number of nitrogens with one attached hydrogen (secondary N) is 1. The average Bonchev–Trinajstić information content (AvgIpc) is 3.04. The number of carbonyl (C=O) groups excluding carboxylic acids is 2. The monoisotopic (exact) mass is 449 g/mol. The highest BCUT2D eigenvalue weighted by atomic mass is 35.5. The Hall–Kier alpha value is -3.84. The second-order valence-corrected chi connectivity index (χ2v) is 7.40. The van der Waals surface area contributed by atoms with Crippen molar-refractivity contribution >= 4 is 34.7 Å². The summed E-state index contributed by atoms with van der Waals surface area (Å²) in [5.41, 5.74) is 2.05. The molecule has 7 nitrogen and oxygen atoms in total. The maximum absolute atomic E-state index is 13.4. The number of methoxy groups -OCH3 is 2. The van der Waals surface area contributed by atoms with Crippen molar-refractivity contribution in [3.63, 3.8) is 0 Å². The molecular weight excluding hydrogens is 430 g/mol. The summed E-state index contributed by atoms with van der Waals surface area (Å²) in [5, 5.41) is 3.63. The van der Waals surface area contributed by atoms with Crippen LogP contribution in [0.1, 0.15) is 11.3 Å². The molecule has 2 heterocycles. The zero-order valence-corrected chi connectivity index (χ0v) is 18.2. The lowest BCUT2D eigenvalue weighted by Gasteiger charge is -2.16. The third-order valence-electron chi connectivity index (χ3n) is 5.01. The lowest BCUT2D eigenvalue weighted by molar-refractivity contribution is -0.137. The summed E-state index contributed by atoms with van der Waals surface area (Å²) in [4.78, 5) is 32.2. The van der Waals surface area contributed by atoms with E-state index in [4.69, 9.17) is 21.1 Å². The van der Waals surface area contributed by atoms with E-state index in [2.05, 4.69) is 10.3 Å². The maximum atomic E-state index is 13.4. The second-order valence-electron chi connectivity index (χ2n) is 6.97. The van der Waals surface area contributed by atoms with Gasteiger partial charge in [-0.3, -0.25) is 19.5 Å². The van der Waals surface area contributed by atoms with Gasteiger partial charge in [-0.15, -0.1) is 0 Å². The van der Waals surface area contributed by atoms with E-state index >= 15 is 0 Å². The first-order valence-corrected chi connectivity index (χ1v) is 10.1. The number of nitrogens with zero attached hydrogens (tertiary/aromatic N) is 2. The summed E-state index contributed by atoms with van der Waals surface area (Å²) >= 11 is 6.03. The molecule has 0 aliphatic carbocycles. The molecule has 1 aromatic heterocycles. The lowest BCUT2D eigenvalue weighted by Crippen LogP contribution is -2.32. The van der Waals surface area contributed by atoms with Crippen molar-refractivity contribution in [2.24, 2.45) is 0 Å². The van der Waals surface area contributed by atoms with E-state index in [1.54, 1.807) is 74.0 Å². The molecule has 2 aromatic carbocycles. The summed E-state index contributed by atoms with van der Waals surface area (Å²) in [6, 6.07) is 17.3. The Labute approximate surface area is 190 Å². The third-order valence-corrected chi connectivity index (χ3v) is 5.27. The van der Waals surface area contributed by atoms with Crippen LogP contribution in [0.3, 0.4) is 0 Å². The van der Waals surface area contributed by atoms with Gasteiger partial charge in [-0.2, -0.15) is 0 Å². The largest absolute Gasteiger partial charge is 0.497 e. The number of halogens is 1. The maximum Gasteiger partial charge on any atom is 0.278 e. The fourth-order valence-electron chi connectivity index (χ4n) is 3.42. The van der Waals surface area contributed by atoms with Crippen LogP contribution in [0.4, 0.5) is 5.69 Å². The van der Waals surface area contributed by atoms with E-state index in [-0.39, 0.29) is 17.8 Å². The summed E-state index contributed by atoms with van der Waals surface area (Å²) in [7, 11) is 3.07. The fraction of sp³-hybridized carbons (Fsp3) is 0.125. The van der Waals surface area contributed by atoms with Crippen LogP contribution in [-0.2, 0) is 16.1 Å². The fourth-order valence-corrected chi connectivity index (χ4v) is 3.55. The predicted octanol–water partition coefficient (Wildman–Crippen LogP) is 4.14. The first-order chi connectivity index (χ1) is 15.5. The van der Waals surface area contributed by atoms with Gasteiger partial charge in [-0.25, -0.2) is 0 Å². The van der Waals surface area contributed by atoms with Gasteiger partial charge in [0.2, 0.25) is 0 Å². The van der Waals surface area contributed by atoms with E-state index < -0.39 is 11.8 Å². The van der Waals surface area contributed by atoms with Crippen molar-refractivity contribution in [1.29, 1.82) is 0 Å². The molecule has 32 heavy (non-hydrogen) atoms. The molecule has 8 heteroatoms. The van der Waals surface area contributed by atoms with E-state index in [9.17, 15) is 9.59 Å². The number of rotatable bonds is 7. The zero-order chi connectivity index (χ0) is 22.7. The average molecular weight is 450 g/mol. The number of carbonyl (C=O) groups is 2. The number of hydrogen-bond acceptors (Lipinski definition) is 6. The van der Waals surface area contributed by atoms with Crippen molar-refractivity contribution in [2.75, 3.05) is 19.5 Å². The van der Waals surface area contributed by atoms with E-state index in [0.29, 0.717) is 33.5 Å². The molecule has 0 unspecified atom stereocenters. The Bertz CT molecular complexity index is 1190. The van der Waals surface area contributed by atoms with Crippen molar-refractivity contribution in [1.82, 2.24) is 9.88 Å². The molecular formula is C24H20ClN3O4. The molecule has 3 aromatic rings. The minimum Gasteiger partial charge on any atom is -0.497 e. The van der Waals surface area contributed by atoms with Gasteiger partial charge in [0.15, 0.2) is 0 Å². The van der Waals surface area contributed by atoms with Gasteiger partial charge in [0.1, 0.15) is 17.2 Å². The number of aromatic nitrogens is 1. The summed E-state index contributed by atoms with van der Waals surface area (Å²) in [6.45, 7) is 0.0516. The van der Waals surface area contributed by atoms with Crippen LogP contribution in [-0.4, -0.2) is 35.9 Å². The summed E-state index contributed by atoms with van der Waals surface area (Å²) in [6.07, 6.45) is 1.62. The number of pyridine rings is 1. The second kappa shape index (κ2) is 9.11. The first-order valence-electron chi connectivity index (χ1n) is 9.77. The highest BCUT2D eigenvalue weighted by molar-refractivity contribution is 6.36. The van der Waals surface area contributed by atoms with Gasteiger partial charge in [0.25, 0.3) is 11.8 Å². The Morgan fingerprint density at radius 1 is 0.969 bits per heavy atom. The van der Waals surface area contributed by atoms with Gasteiger partial charge in [-0.1, -0.05) is 29.8 Å². The van der Waals surface area contributed by atoms with Crippen molar-refractivity contribution in [2.45, 2.75) is 6.54 Å². The minimum atomic E-state index is -0.463. The number of imide groups is 1. The van der Waals surface area contributed by atoms with Crippen LogP contribution >= 0.6 is 11.6 Å². The highest BCUT2D eigenvalue weighted by Crippen LogP contribution is 2.35. The van der Waals surface area contributed by atoms with Crippen molar-refractivity contribution in [3.05, 3.63) is 88.8 Å². The molecule has 1 aliphatic rings. The normalized spacial score (nSPS) is 13.5. The van der Waals surface area contributed by atoms with E-state index in [0.717, 1.165) is 0 Å². The lowest BCUT2D eigenvalue weighted by atomic mass is 10.0.